The Labute approximate surface area is 103 Å². The summed E-state index contributed by atoms with van der Waals surface area (Å²) in [6.07, 6.45) is 2.99. The standard InChI is InChI=1S/C14H22N2O/c1-16(2)13-7-3-11(4-8-13)9-14(17)10-15-12-5-6-12/h3-4,7-8,12,14-15,17H,5-6,9-10H2,1-2H3. The Morgan fingerprint density at radius 3 is 2.47 bits per heavy atom. The summed E-state index contributed by atoms with van der Waals surface area (Å²) in [5, 5.41) is 13.2. The number of nitrogens with one attached hydrogen (secondary N) is 1. The van der Waals surface area contributed by atoms with Crippen LogP contribution in [0.5, 0.6) is 0 Å². The van der Waals surface area contributed by atoms with E-state index in [0.29, 0.717) is 12.6 Å². The predicted molar refractivity (Wildman–Crippen MR) is 71.5 cm³/mol. The number of rotatable bonds is 6. The van der Waals surface area contributed by atoms with Gasteiger partial charge in [-0.3, -0.25) is 0 Å². The maximum Gasteiger partial charge on any atom is 0.0704 e. The van der Waals surface area contributed by atoms with E-state index in [9.17, 15) is 5.11 Å². The van der Waals surface area contributed by atoms with Crippen molar-refractivity contribution in [3.8, 4) is 0 Å². The van der Waals surface area contributed by atoms with Crippen LogP contribution < -0.4 is 10.2 Å². The van der Waals surface area contributed by atoms with Gasteiger partial charge in [-0.2, -0.15) is 0 Å². The molecule has 1 unspecified atom stereocenters. The van der Waals surface area contributed by atoms with Crippen LogP contribution in [0.15, 0.2) is 24.3 Å². The van der Waals surface area contributed by atoms with Gasteiger partial charge in [0.05, 0.1) is 6.10 Å². The lowest BCUT2D eigenvalue weighted by Crippen LogP contribution is -2.29. The van der Waals surface area contributed by atoms with Crippen LogP contribution in [0.4, 0.5) is 5.69 Å². The number of benzene rings is 1. The summed E-state index contributed by atoms with van der Waals surface area (Å²) in [6, 6.07) is 9.04. The topological polar surface area (TPSA) is 35.5 Å². The van der Waals surface area contributed by atoms with Crippen LogP contribution in [-0.2, 0) is 6.42 Å². The van der Waals surface area contributed by atoms with Gasteiger partial charge in [-0.15, -0.1) is 0 Å². The number of aliphatic hydroxyl groups excluding tert-OH is 1. The second-order valence-corrected chi connectivity index (χ2v) is 5.10. The molecule has 0 heterocycles. The summed E-state index contributed by atoms with van der Waals surface area (Å²) < 4.78 is 0. The lowest BCUT2D eigenvalue weighted by Gasteiger charge is -2.14. The Balaban J connectivity index is 1.80. The fraction of sp³-hybridized carbons (Fsp3) is 0.571. The number of aliphatic hydroxyl groups is 1. The Bertz CT molecular complexity index is 344. The van der Waals surface area contributed by atoms with E-state index in [1.54, 1.807) is 0 Å². The minimum atomic E-state index is -0.277. The summed E-state index contributed by atoms with van der Waals surface area (Å²) in [5.41, 5.74) is 2.39. The second kappa shape index (κ2) is 5.52. The average molecular weight is 234 g/mol. The van der Waals surface area contributed by atoms with Crippen molar-refractivity contribution in [2.45, 2.75) is 31.4 Å². The van der Waals surface area contributed by atoms with Gasteiger partial charge in [-0.25, -0.2) is 0 Å². The van der Waals surface area contributed by atoms with Crippen LogP contribution >= 0.6 is 0 Å². The number of hydrogen-bond acceptors (Lipinski definition) is 3. The molecule has 1 aromatic rings. The highest BCUT2D eigenvalue weighted by Gasteiger charge is 2.21. The minimum absolute atomic E-state index is 0.277. The average Bonchev–Trinajstić information content (AvgIpc) is 3.11. The van der Waals surface area contributed by atoms with Crippen molar-refractivity contribution in [3.05, 3.63) is 29.8 Å². The van der Waals surface area contributed by atoms with Gasteiger partial charge in [0.2, 0.25) is 0 Å². The molecule has 17 heavy (non-hydrogen) atoms. The van der Waals surface area contributed by atoms with E-state index in [4.69, 9.17) is 0 Å². The molecule has 0 aliphatic heterocycles. The van der Waals surface area contributed by atoms with Crippen LogP contribution in [-0.4, -0.2) is 37.9 Å². The molecular weight excluding hydrogens is 212 g/mol. The van der Waals surface area contributed by atoms with Crippen LogP contribution in [0.1, 0.15) is 18.4 Å². The van der Waals surface area contributed by atoms with Crippen molar-refractivity contribution < 1.29 is 5.11 Å². The molecule has 2 rings (SSSR count). The lowest BCUT2D eigenvalue weighted by molar-refractivity contribution is 0.171. The molecule has 1 aliphatic carbocycles. The van der Waals surface area contributed by atoms with Gasteiger partial charge < -0.3 is 15.3 Å². The van der Waals surface area contributed by atoms with Crippen molar-refractivity contribution >= 4 is 5.69 Å². The van der Waals surface area contributed by atoms with Crippen molar-refractivity contribution in [2.75, 3.05) is 25.5 Å². The normalized spacial score (nSPS) is 16.9. The number of anilines is 1. The Hall–Kier alpha value is -1.06. The minimum Gasteiger partial charge on any atom is -0.391 e. The molecule has 0 saturated heterocycles. The Kier molecular flexibility index (Phi) is 4.02. The summed E-state index contributed by atoms with van der Waals surface area (Å²) in [5.74, 6) is 0. The molecular formula is C14H22N2O. The van der Waals surface area contributed by atoms with Crippen LogP contribution in [0.25, 0.3) is 0 Å². The molecule has 1 aromatic carbocycles. The van der Waals surface area contributed by atoms with E-state index in [-0.39, 0.29) is 6.10 Å². The van der Waals surface area contributed by atoms with Crippen molar-refractivity contribution in [3.63, 3.8) is 0 Å². The zero-order chi connectivity index (χ0) is 12.3. The Morgan fingerprint density at radius 1 is 1.29 bits per heavy atom. The van der Waals surface area contributed by atoms with Gasteiger partial charge in [0.25, 0.3) is 0 Å². The van der Waals surface area contributed by atoms with E-state index < -0.39 is 0 Å². The largest absolute Gasteiger partial charge is 0.391 e. The first kappa shape index (κ1) is 12.4. The molecule has 94 valence electrons. The third-order valence-corrected chi connectivity index (χ3v) is 3.14. The van der Waals surface area contributed by atoms with E-state index in [2.05, 4.69) is 34.5 Å². The molecule has 1 fully saturated rings. The van der Waals surface area contributed by atoms with Gasteiger partial charge >= 0.3 is 0 Å². The number of hydrogen-bond donors (Lipinski definition) is 2. The summed E-state index contributed by atoms with van der Waals surface area (Å²) in [7, 11) is 4.06. The first-order valence-electron chi connectivity index (χ1n) is 6.33. The molecule has 0 bridgehead atoms. The van der Waals surface area contributed by atoms with Crippen molar-refractivity contribution in [1.82, 2.24) is 5.32 Å². The van der Waals surface area contributed by atoms with E-state index in [0.717, 1.165) is 6.42 Å². The van der Waals surface area contributed by atoms with E-state index >= 15 is 0 Å². The molecule has 3 nitrogen and oxygen atoms in total. The highest BCUT2D eigenvalue weighted by Crippen LogP contribution is 2.18. The van der Waals surface area contributed by atoms with Gasteiger partial charge in [0.1, 0.15) is 0 Å². The van der Waals surface area contributed by atoms with Crippen LogP contribution in [0, 0.1) is 0 Å². The molecule has 1 aliphatic rings. The number of nitrogens with zero attached hydrogens (tertiary/aromatic N) is 1. The van der Waals surface area contributed by atoms with Crippen molar-refractivity contribution in [1.29, 1.82) is 0 Å². The van der Waals surface area contributed by atoms with Gasteiger partial charge in [0.15, 0.2) is 0 Å². The second-order valence-electron chi connectivity index (χ2n) is 5.10. The van der Waals surface area contributed by atoms with E-state index in [1.165, 1.54) is 24.1 Å². The zero-order valence-electron chi connectivity index (χ0n) is 10.7. The predicted octanol–water partition coefficient (Wildman–Crippen LogP) is 1.41. The smallest absolute Gasteiger partial charge is 0.0704 e. The third kappa shape index (κ3) is 4.02. The quantitative estimate of drug-likeness (QED) is 0.781. The monoisotopic (exact) mass is 234 g/mol. The maximum atomic E-state index is 9.88. The lowest BCUT2D eigenvalue weighted by atomic mass is 10.1. The first-order chi connectivity index (χ1) is 8.15. The fourth-order valence-corrected chi connectivity index (χ4v) is 1.86. The van der Waals surface area contributed by atoms with Gasteiger partial charge in [0, 0.05) is 32.4 Å². The maximum absolute atomic E-state index is 9.88. The summed E-state index contributed by atoms with van der Waals surface area (Å²) in [4.78, 5) is 2.08. The molecule has 0 spiro atoms. The summed E-state index contributed by atoms with van der Waals surface area (Å²) >= 11 is 0. The Morgan fingerprint density at radius 2 is 1.94 bits per heavy atom. The fourth-order valence-electron chi connectivity index (χ4n) is 1.86. The van der Waals surface area contributed by atoms with Crippen molar-refractivity contribution in [2.24, 2.45) is 0 Å². The molecule has 1 atom stereocenters. The third-order valence-electron chi connectivity index (χ3n) is 3.14. The SMILES string of the molecule is CN(C)c1ccc(CC(O)CNC2CC2)cc1. The first-order valence-corrected chi connectivity index (χ1v) is 6.33. The zero-order valence-corrected chi connectivity index (χ0v) is 10.7. The molecule has 2 N–H and O–H groups in total. The molecule has 0 amide bonds. The highest BCUT2D eigenvalue weighted by atomic mass is 16.3. The molecule has 0 aromatic heterocycles. The molecule has 3 heteroatoms. The highest BCUT2D eigenvalue weighted by molar-refractivity contribution is 5.46. The van der Waals surface area contributed by atoms with Crippen LogP contribution in [0.2, 0.25) is 0 Å². The molecule has 0 radical (unpaired) electrons. The van der Waals surface area contributed by atoms with Crippen LogP contribution in [0.3, 0.4) is 0 Å². The van der Waals surface area contributed by atoms with E-state index in [1.807, 2.05) is 14.1 Å². The van der Waals surface area contributed by atoms with Gasteiger partial charge in [-0.05, 0) is 37.0 Å². The summed E-state index contributed by atoms with van der Waals surface area (Å²) in [6.45, 7) is 0.708. The molecule has 1 saturated carbocycles. The van der Waals surface area contributed by atoms with Gasteiger partial charge in [-0.1, -0.05) is 12.1 Å².